The molecule has 2 rings (SSSR count). The minimum atomic E-state index is 0.415. The van der Waals surface area contributed by atoms with Crippen LogP contribution in [0, 0.1) is 0 Å². The normalized spacial score (nSPS) is 10.5. The van der Waals surface area contributed by atoms with Gasteiger partial charge in [-0.05, 0) is 24.3 Å². The summed E-state index contributed by atoms with van der Waals surface area (Å²) in [5, 5.41) is 0. The highest BCUT2D eigenvalue weighted by molar-refractivity contribution is 5.75. The fourth-order valence-corrected chi connectivity index (χ4v) is 2.35. The van der Waals surface area contributed by atoms with Crippen LogP contribution in [0.2, 0.25) is 0 Å². The van der Waals surface area contributed by atoms with E-state index in [2.05, 4.69) is 0 Å². The summed E-state index contributed by atoms with van der Waals surface area (Å²) in [5.41, 5.74) is 0.589. The fourth-order valence-electron chi connectivity index (χ4n) is 2.35. The zero-order valence-electron chi connectivity index (χ0n) is 16.7. The van der Waals surface area contributed by atoms with Crippen molar-refractivity contribution in [3.05, 3.63) is 54.1 Å². The van der Waals surface area contributed by atoms with E-state index in [-0.39, 0.29) is 0 Å². The summed E-state index contributed by atoms with van der Waals surface area (Å²) in [6.07, 6.45) is 0.790. The van der Waals surface area contributed by atoms with Crippen molar-refractivity contribution in [1.29, 1.82) is 0 Å². The van der Waals surface area contributed by atoms with Crippen molar-refractivity contribution in [3.63, 3.8) is 0 Å². The van der Waals surface area contributed by atoms with Crippen LogP contribution < -0.4 is 14.2 Å². The largest absolute Gasteiger partial charge is 0.497 e. The molecule has 29 heavy (non-hydrogen) atoms. The highest BCUT2D eigenvalue weighted by Crippen LogP contribution is 2.18. The maximum Gasteiger partial charge on any atom is 0.150 e. The molecule has 2 aromatic carbocycles. The third-order valence-electron chi connectivity index (χ3n) is 3.77. The molecule has 0 bridgehead atoms. The van der Waals surface area contributed by atoms with Crippen molar-refractivity contribution in [2.45, 2.75) is 0 Å². The first-order valence-electron chi connectivity index (χ1n) is 9.50. The van der Waals surface area contributed by atoms with Crippen molar-refractivity contribution < 1.29 is 33.2 Å². The molecule has 0 aliphatic rings. The molecule has 0 unspecified atom stereocenters. The number of carbonyl (C=O) groups excluding carboxylic acids is 1. The summed E-state index contributed by atoms with van der Waals surface area (Å²) in [6, 6.07) is 14.4. The van der Waals surface area contributed by atoms with Gasteiger partial charge in [0.2, 0.25) is 0 Å². The molecule has 7 heteroatoms. The molecule has 0 fully saturated rings. The molecule has 0 saturated heterocycles. The monoisotopic (exact) mass is 404 g/mol. The molecule has 0 amide bonds. The maximum atomic E-state index is 10.7. The highest BCUT2D eigenvalue weighted by Gasteiger charge is 1.98. The second kappa shape index (κ2) is 14.4. The van der Waals surface area contributed by atoms with Crippen molar-refractivity contribution >= 4 is 6.29 Å². The van der Waals surface area contributed by atoms with Crippen LogP contribution >= 0.6 is 0 Å². The van der Waals surface area contributed by atoms with Crippen molar-refractivity contribution in [2.24, 2.45) is 0 Å². The van der Waals surface area contributed by atoms with Gasteiger partial charge in [-0.3, -0.25) is 4.79 Å². The summed E-state index contributed by atoms with van der Waals surface area (Å²) < 4.78 is 32.6. The molecule has 2 aromatic rings. The van der Waals surface area contributed by atoms with Gasteiger partial charge in [0.25, 0.3) is 0 Å². The van der Waals surface area contributed by atoms with Crippen LogP contribution in [0.15, 0.2) is 48.5 Å². The predicted octanol–water partition coefficient (Wildman–Crippen LogP) is 3.02. The number of hydrogen-bond donors (Lipinski definition) is 0. The lowest BCUT2D eigenvalue weighted by Crippen LogP contribution is -2.14. The van der Waals surface area contributed by atoms with Gasteiger partial charge >= 0.3 is 0 Å². The van der Waals surface area contributed by atoms with Gasteiger partial charge in [-0.25, -0.2) is 0 Å². The second-order valence-corrected chi connectivity index (χ2v) is 5.90. The van der Waals surface area contributed by atoms with Crippen LogP contribution in [0.1, 0.15) is 10.4 Å². The Hall–Kier alpha value is -2.61. The van der Waals surface area contributed by atoms with Gasteiger partial charge in [-0.15, -0.1) is 0 Å². The number of ether oxygens (including phenoxy) is 6. The summed E-state index contributed by atoms with van der Waals surface area (Å²) in [6.45, 7) is 3.79. The van der Waals surface area contributed by atoms with E-state index in [0.717, 1.165) is 17.8 Å². The summed E-state index contributed by atoms with van der Waals surface area (Å²) >= 11 is 0. The Kier molecular flexibility index (Phi) is 11.3. The van der Waals surface area contributed by atoms with Gasteiger partial charge < -0.3 is 28.4 Å². The number of rotatable bonds is 16. The minimum absolute atomic E-state index is 0.415. The van der Waals surface area contributed by atoms with Gasteiger partial charge in [0, 0.05) is 11.6 Å². The number of aldehydes is 1. The molecule has 0 aliphatic heterocycles. The molecule has 0 radical (unpaired) electrons. The molecular formula is C22H28O7. The smallest absolute Gasteiger partial charge is 0.150 e. The Balaban J connectivity index is 1.36. The maximum absolute atomic E-state index is 10.7. The quantitative estimate of drug-likeness (QED) is 0.315. The van der Waals surface area contributed by atoms with Crippen molar-refractivity contribution in [3.8, 4) is 17.2 Å². The number of carbonyl (C=O) groups is 1. The highest BCUT2D eigenvalue weighted by atomic mass is 16.6. The molecule has 0 heterocycles. The molecular weight excluding hydrogens is 376 g/mol. The minimum Gasteiger partial charge on any atom is -0.497 e. The third-order valence-corrected chi connectivity index (χ3v) is 3.77. The second-order valence-electron chi connectivity index (χ2n) is 5.90. The molecule has 0 atom stereocenters. The van der Waals surface area contributed by atoms with Gasteiger partial charge in [0.15, 0.2) is 0 Å². The average Bonchev–Trinajstić information content (AvgIpc) is 2.77. The third kappa shape index (κ3) is 9.94. The van der Waals surface area contributed by atoms with Gasteiger partial charge in [0.05, 0.1) is 46.8 Å². The lowest BCUT2D eigenvalue weighted by atomic mass is 10.2. The Bertz CT molecular complexity index is 705. The lowest BCUT2D eigenvalue weighted by molar-refractivity contribution is 0.00498. The van der Waals surface area contributed by atoms with E-state index in [4.69, 9.17) is 28.4 Å². The Morgan fingerprint density at radius 1 is 0.655 bits per heavy atom. The first-order valence-corrected chi connectivity index (χ1v) is 9.50. The van der Waals surface area contributed by atoms with E-state index in [0.29, 0.717) is 64.2 Å². The zero-order chi connectivity index (χ0) is 20.6. The Labute approximate surface area is 171 Å². The van der Waals surface area contributed by atoms with E-state index < -0.39 is 0 Å². The van der Waals surface area contributed by atoms with E-state index in [9.17, 15) is 4.79 Å². The van der Waals surface area contributed by atoms with Crippen LogP contribution in [0.4, 0.5) is 0 Å². The molecule has 0 aromatic heterocycles. The SMILES string of the molecule is COc1cccc(OCCOCCOCCOCCOc2cccc(C=O)c2)c1. The molecule has 0 N–H and O–H groups in total. The molecule has 158 valence electrons. The average molecular weight is 404 g/mol. The molecule has 0 spiro atoms. The van der Waals surface area contributed by atoms with E-state index in [1.165, 1.54) is 0 Å². The topological polar surface area (TPSA) is 72.5 Å². The van der Waals surface area contributed by atoms with Crippen LogP contribution in [0.25, 0.3) is 0 Å². The fraction of sp³-hybridized carbons (Fsp3) is 0.409. The van der Waals surface area contributed by atoms with Crippen molar-refractivity contribution in [2.75, 3.05) is 60.0 Å². The first-order chi connectivity index (χ1) is 14.3. The zero-order valence-corrected chi connectivity index (χ0v) is 16.7. The number of methoxy groups -OCH3 is 1. The predicted molar refractivity (Wildman–Crippen MR) is 108 cm³/mol. The van der Waals surface area contributed by atoms with Gasteiger partial charge in [0.1, 0.15) is 36.7 Å². The van der Waals surface area contributed by atoms with E-state index in [1.807, 2.05) is 24.3 Å². The number of benzene rings is 2. The molecule has 7 nitrogen and oxygen atoms in total. The van der Waals surface area contributed by atoms with E-state index in [1.54, 1.807) is 31.4 Å². The van der Waals surface area contributed by atoms with Crippen molar-refractivity contribution in [1.82, 2.24) is 0 Å². The summed E-state index contributed by atoms with van der Waals surface area (Å²) in [5.74, 6) is 2.17. The van der Waals surface area contributed by atoms with Crippen LogP contribution in [-0.4, -0.2) is 66.3 Å². The number of hydrogen-bond acceptors (Lipinski definition) is 7. The Morgan fingerprint density at radius 2 is 1.14 bits per heavy atom. The van der Waals surface area contributed by atoms with E-state index >= 15 is 0 Å². The summed E-state index contributed by atoms with van der Waals surface area (Å²) in [7, 11) is 1.62. The van der Waals surface area contributed by atoms with Crippen LogP contribution in [0.3, 0.4) is 0 Å². The first kappa shape index (κ1) is 22.7. The standard InChI is InChI=1S/C22H28O7/c1-24-20-5-3-7-22(17-20)29-15-13-27-11-9-25-8-10-26-12-14-28-21-6-2-4-19(16-21)18-23/h2-7,16-18H,8-15H2,1H3. The van der Waals surface area contributed by atoms with Gasteiger partial charge in [-0.1, -0.05) is 18.2 Å². The lowest BCUT2D eigenvalue weighted by Gasteiger charge is -2.09. The van der Waals surface area contributed by atoms with Crippen LogP contribution in [0.5, 0.6) is 17.2 Å². The molecule has 0 saturated carbocycles. The van der Waals surface area contributed by atoms with Crippen LogP contribution in [-0.2, 0) is 14.2 Å². The van der Waals surface area contributed by atoms with Gasteiger partial charge in [-0.2, -0.15) is 0 Å². The summed E-state index contributed by atoms with van der Waals surface area (Å²) in [4.78, 5) is 10.7. The Morgan fingerprint density at radius 3 is 1.69 bits per heavy atom. The molecule has 0 aliphatic carbocycles.